The van der Waals surface area contributed by atoms with Crippen LogP contribution in [0.1, 0.15) is 73.4 Å². The summed E-state index contributed by atoms with van der Waals surface area (Å²) in [5.74, 6) is -1.17. The molecular weight excluding hydrogens is 564 g/mol. The first-order chi connectivity index (χ1) is 20.6. The van der Waals surface area contributed by atoms with Crippen LogP contribution in [0.4, 0.5) is 21.0 Å². The van der Waals surface area contributed by atoms with Gasteiger partial charge in [0.2, 0.25) is 0 Å². The first-order valence-corrected chi connectivity index (χ1v) is 14.3. The van der Waals surface area contributed by atoms with Crippen LogP contribution < -0.4 is 10.6 Å². The van der Waals surface area contributed by atoms with E-state index >= 15 is 0 Å². The highest BCUT2D eigenvalue weighted by atomic mass is 16.6. The third-order valence-corrected chi connectivity index (χ3v) is 6.42. The summed E-state index contributed by atoms with van der Waals surface area (Å²) in [5, 5.41) is 5.25. The lowest BCUT2D eigenvalue weighted by Gasteiger charge is -2.32. The van der Waals surface area contributed by atoms with Crippen molar-refractivity contribution in [1.29, 1.82) is 0 Å². The van der Waals surface area contributed by atoms with Crippen LogP contribution in [0, 0.1) is 0 Å². The second-order valence-corrected chi connectivity index (χ2v) is 12.5. The minimum Gasteiger partial charge on any atom is -0.454 e. The molecule has 0 heterocycles. The van der Waals surface area contributed by atoms with Gasteiger partial charge < -0.3 is 18.9 Å². The van der Waals surface area contributed by atoms with Crippen LogP contribution >= 0.6 is 0 Å². The minimum absolute atomic E-state index is 0.275. The number of hydrogen-bond donors (Lipinski definition) is 2. The molecule has 0 spiro atoms. The molecule has 2 atom stereocenters. The van der Waals surface area contributed by atoms with Gasteiger partial charge in [-0.2, -0.15) is 0 Å². The Morgan fingerprint density at radius 1 is 0.568 bits per heavy atom. The Hall–Kier alpha value is -4.86. The second-order valence-electron chi connectivity index (χ2n) is 12.5. The molecule has 232 valence electrons. The van der Waals surface area contributed by atoms with Crippen molar-refractivity contribution in [2.24, 2.45) is 0 Å². The van der Waals surface area contributed by atoms with E-state index in [0.717, 1.165) is 11.1 Å². The van der Waals surface area contributed by atoms with Gasteiger partial charge in [-0.3, -0.25) is 10.6 Å². The zero-order valence-corrected chi connectivity index (χ0v) is 25.8. The van der Waals surface area contributed by atoms with Crippen molar-refractivity contribution in [3.63, 3.8) is 0 Å². The fourth-order valence-electron chi connectivity index (χ4n) is 4.52. The predicted molar refractivity (Wildman–Crippen MR) is 165 cm³/mol. The molecule has 0 radical (unpaired) electrons. The van der Waals surface area contributed by atoms with Crippen LogP contribution in [-0.2, 0) is 31.8 Å². The molecule has 0 aliphatic heterocycles. The molecule has 4 rings (SSSR count). The van der Waals surface area contributed by atoms with Crippen LogP contribution in [0.25, 0.3) is 0 Å². The molecule has 3 aromatic carbocycles. The van der Waals surface area contributed by atoms with Gasteiger partial charge in [-0.25, -0.2) is 19.2 Å². The molecule has 0 saturated heterocycles. The molecule has 3 aromatic rings. The molecule has 1 aliphatic carbocycles. The zero-order chi connectivity index (χ0) is 32.1. The highest BCUT2D eigenvalue weighted by Crippen LogP contribution is 2.27. The maximum absolute atomic E-state index is 13.1. The van der Waals surface area contributed by atoms with Gasteiger partial charge in [0.1, 0.15) is 23.4 Å². The smallest absolute Gasteiger partial charge is 0.412 e. The van der Waals surface area contributed by atoms with Gasteiger partial charge in [-0.05, 0) is 101 Å². The molecule has 10 heteroatoms. The summed E-state index contributed by atoms with van der Waals surface area (Å²) in [4.78, 5) is 50.4. The van der Waals surface area contributed by atoms with Crippen LogP contribution in [0.3, 0.4) is 0 Å². The number of amides is 2. The van der Waals surface area contributed by atoms with E-state index in [1.54, 1.807) is 90.1 Å². The number of esters is 2. The quantitative estimate of drug-likeness (QED) is 0.230. The van der Waals surface area contributed by atoms with Crippen LogP contribution in [0.15, 0.2) is 72.8 Å². The molecule has 0 saturated carbocycles. The van der Waals surface area contributed by atoms with Crippen molar-refractivity contribution in [2.45, 2.75) is 77.8 Å². The molecular formula is C34H38N2O8. The highest BCUT2D eigenvalue weighted by molar-refractivity contribution is 5.92. The van der Waals surface area contributed by atoms with Gasteiger partial charge in [0.15, 0.2) is 0 Å². The summed E-state index contributed by atoms with van der Waals surface area (Å²) in [6, 6.07) is 20.2. The second kappa shape index (κ2) is 13.2. The molecule has 0 unspecified atom stereocenters. The predicted octanol–water partition coefficient (Wildman–Crippen LogP) is 6.93. The van der Waals surface area contributed by atoms with Crippen molar-refractivity contribution >= 4 is 35.5 Å². The minimum atomic E-state index is -0.728. The van der Waals surface area contributed by atoms with E-state index in [1.165, 1.54) is 0 Å². The van der Waals surface area contributed by atoms with Crippen LogP contribution in [0.2, 0.25) is 0 Å². The van der Waals surface area contributed by atoms with Crippen molar-refractivity contribution < 1.29 is 38.1 Å². The molecule has 10 nitrogen and oxygen atoms in total. The number of carbonyl (C=O) groups is 4. The number of carbonyl (C=O) groups excluding carboxylic acids is 4. The van der Waals surface area contributed by atoms with Crippen molar-refractivity contribution in [3.05, 3.63) is 95.1 Å². The molecule has 0 bridgehead atoms. The van der Waals surface area contributed by atoms with E-state index in [0.29, 0.717) is 24.2 Å². The lowest BCUT2D eigenvalue weighted by atomic mass is 9.87. The number of hydrogen-bond acceptors (Lipinski definition) is 8. The van der Waals surface area contributed by atoms with Crippen LogP contribution in [0.5, 0.6) is 0 Å². The zero-order valence-electron chi connectivity index (χ0n) is 25.8. The number of benzene rings is 3. The largest absolute Gasteiger partial charge is 0.454 e. The summed E-state index contributed by atoms with van der Waals surface area (Å²) in [6.45, 7) is 10.6. The average molecular weight is 603 g/mol. The first-order valence-electron chi connectivity index (χ1n) is 14.3. The lowest BCUT2D eigenvalue weighted by molar-refractivity contribution is -0.0389. The maximum atomic E-state index is 13.1. The third-order valence-electron chi connectivity index (χ3n) is 6.42. The van der Waals surface area contributed by atoms with Crippen molar-refractivity contribution in [3.8, 4) is 0 Å². The number of rotatable bonds is 6. The SMILES string of the molecule is CC(C)(C)OC(=O)Nc1ccc(C(=O)O[C@H]2Cc3ccccc3C[C@H]2OC(=O)c2ccc(NC(=O)OC(C)(C)C)cc2)cc1. The Morgan fingerprint density at radius 2 is 0.909 bits per heavy atom. The van der Waals surface area contributed by atoms with E-state index in [-0.39, 0.29) is 11.1 Å². The van der Waals surface area contributed by atoms with Gasteiger partial charge in [0.05, 0.1) is 11.1 Å². The Morgan fingerprint density at radius 3 is 1.23 bits per heavy atom. The van der Waals surface area contributed by atoms with Gasteiger partial charge in [0, 0.05) is 24.2 Å². The molecule has 1 aliphatic rings. The van der Waals surface area contributed by atoms with E-state index < -0.39 is 47.5 Å². The standard InChI is InChI=1S/C34H38N2O8/c1-33(2,3)43-31(39)35-25-15-11-21(12-16-25)29(37)41-27-19-23-9-7-8-10-24(23)20-28(27)42-30(38)22-13-17-26(18-14-22)36-32(40)44-34(4,5)6/h7-18,27-28H,19-20H2,1-6H3,(H,35,39)(H,36,40)/t27-,28+. The first kappa shape index (κ1) is 32.1. The topological polar surface area (TPSA) is 129 Å². The highest BCUT2D eigenvalue weighted by Gasteiger charge is 2.35. The number of nitrogens with one attached hydrogen (secondary N) is 2. The number of ether oxygens (including phenoxy) is 4. The Balaban J connectivity index is 1.42. The molecule has 0 aromatic heterocycles. The summed E-state index contributed by atoms with van der Waals surface area (Å²) >= 11 is 0. The monoisotopic (exact) mass is 602 g/mol. The van der Waals surface area contributed by atoms with Crippen molar-refractivity contribution in [1.82, 2.24) is 0 Å². The van der Waals surface area contributed by atoms with Gasteiger partial charge in [-0.1, -0.05) is 24.3 Å². The summed E-state index contributed by atoms with van der Waals surface area (Å²) in [6.07, 6.45) is -1.92. The van der Waals surface area contributed by atoms with E-state index in [9.17, 15) is 19.2 Å². The van der Waals surface area contributed by atoms with E-state index in [2.05, 4.69) is 10.6 Å². The van der Waals surface area contributed by atoms with Gasteiger partial charge in [-0.15, -0.1) is 0 Å². The summed E-state index contributed by atoms with van der Waals surface area (Å²) in [7, 11) is 0. The molecule has 2 N–H and O–H groups in total. The fraction of sp³-hybridized carbons (Fsp3) is 0.353. The van der Waals surface area contributed by atoms with Crippen LogP contribution in [-0.4, -0.2) is 47.5 Å². The maximum Gasteiger partial charge on any atom is 0.412 e. The average Bonchev–Trinajstić information content (AvgIpc) is 2.92. The summed E-state index contributed by atoms with van der Waals surface area (Å²) in [5.41, 5.74) is 2.19. The Bertz CT molecular complexity index is 1390. The molecule has 0 fully saturated rings. The van der Waals surface area contributed by atoms with Gasteiger partial charge >= 0.3 is 24.1 Å². The number of anilines is 2. The lowest BCUT2D eigenvalue weighted by Crippen LogP contribution is -2.41. The molecule has 44 heavy (non-hydrogen) atoms. The summed E-state index contributed by atoms with van der Waals surface area (Å²) < 4.78 is 22.3. The Kier molecular flexibility index (Phi) is 9.62. The Labute approximate surface area is 257 Å². The number of fused-ring (bicyclic) bond motifs is 1. The van der Waals surface area contributed by atoms with E-state index in [1.807, 2.05) is 24.3 Å². The normalized spacial score (nSPS) is 16.1. The molecule has 2 amide bonds. The van der Waals surface area contributed by atoms with Gasteiger partial charge in [0.25, 0.3) is 0 Å². The van der Waals surface area contributed by atoms with E-state index in [4.69, 9.17) is 18.9 Å². The van der Waals surface area contributed by atoms with Crippen molar-refractivity contribution in [2.75, 3.05) is 10.6 Å². The third kappa shape index (κ3) is 9.32. The fourth-order valence-corrected chi connectivity index (χ4v) is 4.52.